The summed E-state index contributed by atoms with van der Waals surface area (Å²) in [5.74, 6) is 1.53. The van der Waals surface area contributed by atoms with Crippen molar-refractivity contribution in [3.8, 4) is 11.4 Å². The zero-order valence-electron chi connectivity index (χ0n) is 13.0. The summed E-state index contributed by atoms with van der Waals surface area (Å²) in [4.78, 5) is 18.8. The van der Waals surface area contributed by atoms with Crippen LogP contribution in [0.3, 0.4) is 0 Å². The predicted octanol–water partition coefficient (Wildman–Crippen LogP) is 1.60. The van der Waals surface area contributed by atoms with Crippen molar-refractivity contribution < 1.29 is 4.79 Å². The Balaban J connectivity index is 1.73. The first kappa shape index (κ1) is 14.7. The third-order valence-electron chi connectivity index (χ3n) is 4.10. The average molecular weight is 299 g/mol. The van der Waals surface area contributed by atoms with Crippen LogP contribution < -0.4 is 5.32 Å². The van der Waals surface area contributed by atoms with Crippen molar-refractivity contribution in [1.82, 2.24) is 25.4 Å². The lowest BCUT2D eigenvalue weighted by Gasteiger charge is -2.32. The molecule has 1 amide bonds. The number of piperidine rings is 1. The van der Waals surface area contributed by atoms with E-state index in [2.05, 4.69) is 20.5 Å². The minimum absolute atomic E-state index is 0.0951. The highest BCUT2D eigenvalue weighted by Gasteiger charge is 2.23. The van der Waals surface area contributed by atoms with Crippen LogP contribution in [0.15, 0.2) is 24.3 Å². The molecule has 0 bridgehead atoms. The Kier molecular flexibility index (Phi) is 4.20. The molecule has 6 heteroatoms. The zero-order valence-corrected chi connectivity index (χ0v) is 13.0. The number of H-pyrrole nitrogens is 1. The maximum absolute atomic E-state index is 12.6. The highest BCUT2D eigenvalue weighted by atomic mass is 16.2. The van der Waals surface area contributed by atoms with Crippen molar-refractivity contribution in [2.24, 2.45) is 0 Å². The van der Waals surface area contributed by atoms with Crippen LogP contribution in [0.2, 0.25) is 0 Å². The Morgan fingerprint density at radius 2 is 2.14 bits per heavy atom. The lowest BCUT2D eigenvalue weighted by molar-refractivity contribution is 0.0698. The summed E-state index contributed by atoms with van der Waals surface area (Å²) in [6, 6.07) is 7.90. The zero-order chi connectivity index (χ0) is 15.5. The van der Waals surface area contributed by atoms with Crippen LogP contribution >= 0.6 is 0 Å². The third-order valence-corrected chi connectivity index (χ3v) is 4.10. The molecule has 0 aliphatic carbocycles. The minimum Gasteiger partial charge on any atom is -0.337 e. The monoisotopic (exact) mass is 299 g/mol. The number of amides is 1. The number of nitrogens with zero attached hydrogens (tertiary/aromatic N) is 3. The van der Waals surface area contributed by atoms with Crippen LogP contribution in [0.4, 0.5) is 0 Å². The molecule has 1 atom stereocenters. The summed E-state index contributed by atoms with van der Waals surface area (Å²) in [6.07, 6.45) is 2.18. The van der Waals surface area contributed by atoms with Gasteiger partial charge in [-0.25, -0.2) is 4.98 Å². The molecule has 1 aromatic carbocycles. The van der Waals surface area contributed by atoms with Gasteiger partial charge in [-0.1, -0.05) is 12.1 Å². The van der Waals surface area contributed by atoms with Crippen LogP contribution in [0.25, 0.3) is 11.4 Å². The van der Waals surface area contributed by atoms with E-state index >= 15 is 0 Å². The van der Waals surface area contributed by atoms with E-state index in [0.29, 0.717) is 17.4 Å². The number of carbonyl (C=O) groups is 1. The summed E-state index contributed by atoms with van der Waals surface area (Å²) in [6.45, 7) is 3.47. The van der Waals surface area contributed by atoms with E-state index in [1.807, 2.05) is 43.1 Å². The minimum atomic E-state index is 0.0951. The number of nitrogens with one attached hydrogen (secondary N) is 2. The second kappa shape index (κ2) is 6.27. The molecule has 1 saturated heterocycles. The van der Waals surface area contributed by atoms with Gasteiger partial charge in [-0.05, 0) is 38.9 Å². The number of aromatic amines is 1. The van der Waals surface area contributed by atoms with Crippen molar-refractivity contribution in [3.63, 3.8) is 0 Å². The summed E-state index contributed by atoms with van der Waals surface area (Å²) in [5, 5.41) is 10.2. The lowest BCUT2D eigenvalue weighted by atomic mass is 10.0. The Hall–Kier alpha value is -2.21. The quantitative estimate of drug-likeness (QED) is 0.903. The van der Waals surface area contributed by atoms with Gasteiger partial charge in [0.25, 0.3) is 5.91 Å². The number of hydrogen-bond donors (Lipinski definition) is 2. The molecule has 0 saturated carbocycles. The van der Waals surface area contributed by atoms with E-state index < -0.39 is 0 Å². The molecule has 22 heavy (non-hydrogen) atoms. The van der Waals surface area contributed by atoms with Crippen LogP contribution in [0.1, 0.15) is 29.0 Å². The van der Waals surface area contributed by atoms with Crippen molar-refractivity contribution in [2.45, 2.75) is 25.8 Å². The van der Waals surface area contributed by atoms with Gasteiger partial charge >= 0.3 is 0 Å². The Labute approximate surface area is 129 Å². The van der Waals surface area contributed by atoms with Crippen molar-refractivity contribution in [3.05, 3.63) is 35.7 Å². The van der Waals surface area contributed by atoms with Gasteiger partial charge in [-0.2, -0.15) is 5.10 Å². The highest BCUT2D eigenvalue weighted by molar-refractivity contribution is 5.94. The maximum Gasteiger partial charge on any atom is 0.253 e. The molecule has 1 fully saturated rings. The molecule has 2 N–H and O–H groups in total. The first-order chi connectivity index (χ1) is 10.7. The largest absolute Gasteiger partial charge is 0.337 e. The SMILES string of the molecule is CN[C@H]1CCCN(C(=O)c2ccc(-c3n[nH]c(C)n3)cc2)C1. The molecule has 0 radical (unpaired) electrons. The van der Waals surface area contributed by atoms with Gasteiger partial charge in [0.1, 0.15) is 5.82 Å². The fourth-order valence-electron chi connectivity index (χ4n) is 2.81. The van der Waals surface area contributed by atoms with E-state index in [-0.39, 0.29) is 5.91 Å². The van der Waals surface area contributed by atoms with Crippen molar-refractivity contribution in [2.75, 3.05) is 20.1 Å². The van der Waals surface area contributed by atoms with Gasteiger partial charge < -0.3 is 10.2 Å². The van der Waals surface area contributed by atoms with Crippen LogP contribution in [-0.4, -0.2) is 52.2 Å². The van der Waals surface area contributed by atoms with Crippen LogP contribution in [0, 0.1) is 6.92 Å². The standard InChI is InChI=1S/C16H21N5O/c1-11-18-15(20-19-11)12-5-7-13(8-6-12)16(22)21-9-3-4-14(10-21)17-2/h5-8,14,17H,3-4,9-10H2,1-2H3,(H,18,19,20)/t14-/m0/s1. The van der Waals surface area contributed by atoms with Gasteiger partial charge in [0.15, 0.2) is 5.82 Å². The molecule has 0 spiro atoms. The third kappa shape index (κ3) is 3.01. The smallest absolute Gasteiger partial charge is 0.253 e. The van der Waals surface area contributed by atoms with Gasteiger partial charge in [-0.3, -0.25) is 9.89 Å². The maximum atomic E-state index is 12.6. The fourth-order valence-corrected chi connectivity index (χ4v) is 2.81. The summed E-state index contributed by atoms with van der Waals surface area (Å²) < 4.78 is 0. The first-order valence-corrected chi connectivity index (χ1v) is 7.63. The van der Waals surface area contributed by atoms with E-state index in [9.17, 15) is 4.79 Å². The second-order valence-corrected chi connectivity index (χ2v) is 5.70. The van der Waals surface area contributed by atoms with Gasteiger partial charge in [0.05, 0.1) is 0 Å². The average Bonchev–Trinajstić information content (AvgIpc) is 3.01. The van der Waals surface area contributed by atoms with Crippen molar-refractivity contribution >= 4 is 5.91 Å². The van der Waals surface area contributed by atoms with Crippen LogP contribution in [-0.2, 0) is 0 Å². The topological polar surface area (TPSA) is 73.9 Å². The molecule has 1 aliphatic rings. The molecule has 1 aromatic heterocycles. The number of likely N-dealkylation sites (tertiary alicyclic amines) is 1. The molecule has 116 valence electrons. The number of aromatic nitrogens is 3. The van der Waals surface area contributed by atoms with E-state index in [1.54, 1.807) is 0 Å². The van der Waals surface area contributed by atoms with Crippen LogP contribution in [0.5, 0.6) is 0 Å². The molecule has 0 unspecified atom stereocenters. The Bertz CT molecular complexity index is 649. The predicted molar refractivity (Wildman–Crippen MR) is 84.5 cm³/mol. The normalized spacial score (nSPS) is 18.5. The first-order valence-electron chi connectivity index (χ1n) is 7.63. The summed E-state index contributed by atoms with van der Waals surface area (Å²) in [5.41, 5.74) is 1.63. The van der Waals surface area contributed by atoms with E-state index in [0.717, 1.165) is 37.3 Å². The Morgan fingerprint density at radius 3 is 2.77 bits per heavy atom. The molecular formula is C16H21N5O. The number of likely N-dealkylation sites (N-methyl/N-ethyl adjacent to an activating group) is 1. The number of carbonyl (C=O) groups excluding carboxylic acids is 1. The summed E-state index contributed by atoms with van der Waals surface area (Å²) in [7, 11) is 1.95. The summed E-state index contributed by atoms with van der Waals surface area (Å²) >= 11 is 0. The van der Waals surface area contributed by atoms with Gasteiger partial charge in [-0.15, -0.1) is 0 Å². The lowest BCUT2D eigenvalue weighted by Crippen LogP contribution is -2.46. The number of hydrogen-bond acceptors (Lipinski definition) is 4. The molecule has 1 aliphatic heterocycles. The molecule has 6 nitrogen and oxygen atoms in total. The number of rotatable bonds is 3. The molecule has 3 rings (SSSR count). The van der Waals surface area contributed by atoms with Gasteiger partial charge in [0, 0.05) is 30.3 Å². The molecular weight excluding hydrogens is 278 g/mol. The highest BCUT2D eigenvalue weighted by Crippen LogP contribution is 2.18. The van der Waals surface area contributed by atoms with Gasteiger partial charge in [0.2, 0.25) is 0 Å². The molecule has 2 aromatic rings. The number of benzene rings is 1. The molecule has 2 heterocycles. The Morgan fingerprint density at radius 1 is 1.36 bits per heavy atom. The van der Waals surface area contributed by atoms with E-state index in [4.69, 9.17) is 0 Å². The van der Waals surface area contributed by atoms with E-state index in [1.165, 1.54) is 0 Å². The number of aryl methyl sites for hydroxylation is 1. The van der Waals surface area contributed by atoms with Crippen molar-refractivity contribution in [1.29, 1.82) is 0 Å². The fraction of sp³-hybridized carbons (Fsp3) is 0.438. The second-order valence-electron chi connectivity index (χ2n) is 5.70.